The number of hydrogen-bond acceptors (Lipinski definition) is 6. The van der Waals surface area contributed by atoms with Crippen molar-refractivity contribution in [3.8, 4) is 17.2 Å². The topological polar surface area (TPSA) is 78.0 Å². The molecule has 0 bridgehead atoms. The van der Waals surface area contributed by atoms with Gasteiger partial charge in [0.2, 0.25) is 5.75 Å². The molecule has 0 N–H and O–H groups in total. The van der Waals surface area contributed by atoms with Crippen LogP contribution in [0.5, 0.6) is 17.2 Å². The number of rotatable bonds is 6. The lowest BCUT2D eigenvalue weighted by molar-refractivity contribution is -0.138. The Morgan fingerprint density at radius 2 is 1.86 bits per heavy atom. The van der Waals surface area contributed by atoms with E-state index < -0.39 is 5.91 Å². The Hall–Kier alpha value is -3.61. The van der Waals surface area contributed by atoms with Gasteiger partial charge in [-0.05, 0) is 36.3 Å². The minimum atomic E-state index is -0.391. The zero-order chi connectivity index (χ0) is 20.8. The van der Waals surface area contributed by atoms with Crippen molar-refractivity contribution >= 4 is 23.5 Å². The number of imide groups is 1. The van der Waals surface area contributed by atoms with Gasteiger partial charge >= 0.3 is 0 Å². The Morgan fingerprint density at radius 1 is 1.14 bits per heavy atom. The Kier molecular flexibility index (Phi) is 6.29. The second-order valence-electron chi connectivity index (χ2n) is 6.24. The predicted molar refractivity (Wildman–Crippen MR) is 109 cm³/mol. The summed E-state index contributed by atoms with van der Waals surface area (Å²) in [5.74, 6) is 0.711. The molecule has 0 atom stereocenters. The van der Waals surface area contributed by atoms with Gasteiger partial charge in [0.1, 0.15) is 0 Å². The van der Waals surface area contributed by atoms with Gasteiger partial charge in [-0.25, -0.2) is 0 Å². The fraction of sp³-hybridized carbons (Fsp3) is 0.227. The normalized spacial score (nSPS) is 14.0. The van der Waals surface area contributed by atoms with Crippen LogP contribution < -0.4 is 14.2 Å². The summed E-state index contributed by atoms with van der Waals surface area (Å²) in [6.45, 7) is 0.334. The molecule has 0 aliphatic carbocycles. The Labute approximate surface area is 169 Å². The highest BCUT2D eigenvalue weighted by atomic mass is 16.5. The molecule has 1 aromatic heterocycles. The number of carbonyl (C=O) groups is 2. The Bertz CT molecular complexity index is 941. The zero-order valence-electron chi connectivity index (χ0n) is 16.5. The van der Waals surface area contributed by atoms with Crippen LogP contribution in [0.1, 0.15) is 17.5 Å². The number of aromatic nitrogens is 1. The summed E-state index contributed by atoms with van der Waals surface area (Å²) in [5.41, 5.74) is 1.86. The van der Waals surface area contributed by atoms with E-state index in [1.54, 1.807) is 42.7 Å². The predicted octanol–water partition coefficient (Wildman–Crippen LogP) is 2.96. The van der Waals surface area contributed by atoms with E-state index in [2.05, 4.69) is 4.98 Å². The summed E-state index contributed by atoms with van der Waals surface area (Å²) in [5, 5.41) is 0. The van der Waals surface area contributed by atoms with Gasteiger partial charge in [-0.1, -0.05) is 12.1 Å². The molecule has 7 heteroatoms. The average molecular weight is 394 g/mol. The van der Waals surface area contributed by atoms with Crippen molar-refractivity contribution in [2.75, 3.05) is 27.9 Å². The van der Waals surface area contributed by atoms with Crippen LogP contribution in [-0.4, -0.2) is 49.6 Å². The van der Waals surface area contributed by atoms with Gasteiger partial charge in [0.05, 0.1) is 21.3 Å². The SMILES string of the molecule is COc1cc(C=CC(=O)N2CCC=C(c3cccnc3)C2=O)cc(OC)c1OC. The lowest BCUT2D eigenvalue weighted by atomic mass is 10.0. The first kappa shape index (κ1) is 20.1. The van der Waals surface area contributed by atoms with Gasteiger partial charge < -0.3 is 14.2 Å². The number of amides is 2. The molecule has 0 fully saturated rings. The molecule has 3 rings (SSSR count). The summed E-state index contributed by atoms with van der Waals surface area (Å²) in [7, 11) is 4.57. The van der Waals surface area contributed by atoms with E-state index >= 15 is 0 Å². The van der Waals surface area contributed by atoms with E-state index in [1.165, 1.54) is 32.3 Å². The number of ether oxygens (including phenoxy) is 3. The van der Waals surface area contributed by atoms with Gasteiger partial charge in [-0.2, -0.15) is 0 Å². The van der Waals surface area contributed by atoms with Crippen LogP contribution >= 0.6 is 0 Å². The average Bonchev–Trinajstić information content (AvgIpc) is 2.77. The van der Waals surface area contributed by atoms with Crippen LogP contribution in [-0.2, 0) is 9.59 Å². The van der Waals surface area contributed by atoms with E-state index in [9.17, 15) is 9.59 Å². The smallest absolute Gasteiger partial charge is 0.261 e. The first-order valence-corrected chi connectivity index (χ1v) is 9.03. The quantitative estimate of drug-likeness (QED) is 0.701. The van der Waals surface area contributed by atoms with Gasteiger partial charge in [-0.15, -0.1) is 0 Å². The second kappa shape index (κ2) is 9.05. The molecule has 1 aliphatic heterocycles. The van der Waals surface area contributed by atoms with Gasteiger partial charge in [0, 0.05) is 36.2 Å². The molecule has 0 radical (unpaired) electrons. The maximum absolute atomic E-state index is 12.8. The zero-order valence-corrected chi connectivity index (χ0v) is 16.5. The number of nitrogens with zero attached hydrogens (tertiary/aromatic N) is 2. The summed E-state index contributed by atoms with van der Waals surface area (Å²) in [6.07, 6.45) is 8.67. The Balaban J connectivity index is 1.81. The number of benzene rings is 1. The molecule has 2 aromatic rings. The third-order valence-electron chi connectivity index (χ3n) is 4.52. The van der Waals surface area contributed by atoms with Crippen LogP contribution in [0.15, 0.2) is 48.8 Å². The summed E-state index contributed by atoms with van der Waals surface area (Å²) < 4.78 is 15.9. The molecule has 0 unspecified atom stereocenters. The van der Waals surface area contributed by atoms with E-state index in [4.69, 9.17) is 14.2 Å². The maximum atomic E-state index is 12.8. The summed E-state index contributed by atoms with van der Waals surface area (Å²) in [4.78, 5) is 30.7. The highest BCUT2D eigenvalue weighted by Crippen LogP contribution is 2.38. The van der Waals surface area contributed by atoms with Crippen molar-refractivity contribution < 1.29 is 23.8 Å². The third-order valence-corrected chi connectivity index (χ3v) is 4.52. The maximum Gasteiger partial charge on any atom is 0.261 e. The number of hydrogen-bond donors (Lipinski definition) is 0. The van der Waals surface area contributed by atoms with Crippen LogP contribution in [0, 0.1) is 0 Å². The largest absolute Gasteiger partial charge is 0.493 e. The molecule has 2 heterocycles. The van der Waals surface area contributed by atoms with Crippen molar-refractivity contribution in [2.24, 2.45) is 0 Å². The molecule has 2 amide bonds. The monoisotopic (exact) mass is 394 g/mol. The molecule has 0 spiro atoms. The van der Waals surface area contributed by atoms with Gasteiger partial charge in [-0.3, -0.25) is 19.5 Å². The fourth-order valence-electron chi connectivity index (χ4n) is 3.10. The van der Waals surface area contributed by atoms with Gasteiger partial charge in [0.15, 0.2) is 11.5 Å². The van der Waals surface area contributed by atoms with E-state index in [1.807, 2.05) is 6.08 Å². The molecule has 0 saturated heterocycles. The lowest BCUT2D eigenvalue weighted by Crippen LogP contribution is -2.39. The first-order chi connectivity index (χ1) is 14.1. The summed E-state index contributed by atoms with van der Waals surface area (Å²) in [6, 6.07) is 7.01. The fourth-order valence-corrected chi connectivity index (χ4v) is 3.10. The standard InChI is InChI=1S/C22H22N2O5/c1-27-18-12-15(13-19(28-2)21(18)29-3)8-9-20(25)24-11-5-7-17(22(24)26)16-6-4-10-23-14-16/h4,6-10,12-14H,5,11H2,1-3H3. The van der Waals surface area contributed by atoms with Crippen LogP contribution in [0.2, 0.25) is 0 Å². The molecule has 7 nitrogen and oxygen atoms in total. The molecule has 1 aromatic carbocycles. The highest BCUT2D eigenvalue weighted by molar-refractivity contribution is 6.25. The number of pyridine rings is 1. The van der Waals surface area contributed by atoms with Crippen LogP contribution in [0.4, 0.5) is 0 Å². The third kappa shape index (κ3) is 4.29. The molecule has 1 aliphatic rings. The van der Waals surface area contributed by atoms with Crippen molar-refractivity contribution in [2.45, 2.75) is 6.42 Å². The van der Waals surface area contributed by atoms with Crippen LogP contribution in [0.3, 0.4) is 0 Å². The Morgan fingerprint density at radius 3 is 2.45 bits per heavy atom. The molecule has 0 saturated carbocycles. The van der Waals surface area contributed by atoms with E-state index in [0.717, 1.165) is 0 Å². The number of methoxy groups -OCH3 is 3. The molecular formula is C22H22N2O5. The van der Waals surface area contributed by atoms with Gasteiger partial charge in [0.25, 0.3) is 11.8 Å². The van der Waals surface area contributed by atoms with Crippen molar-refractivity contribution in [1.82, 2.24) is 9.88 Å². The van der Waals surface area contributed by atoms with E-state index in [0.29, 0.717) is 46.9 Å². The molecular weight excluding hydrogens is 372 g/mol. The second-order valence-corrected chi connectivity index (χ2v) is 6.24. The summed E-state index contributed by atoms with van der Waals surface area (Å²) >= 11 is 0. The van der Waals surface area contributed by atoms with Crippen LogP contribution in [0.25, 0.3) is 11.6 Å². The molecule has 29 heavy (non-hydrogen) atoms. The van der Waals surface area contributed by atoms with E-state index in [-0.39, 0.29) is 5.91 Å². The number of carbonyl (C=O) groups excluding carboxylic acids is 2. The highest BCUT2D eigenvalue weighted by Gasteiger charge is 2.26. The van der Waals surface area contributed by atoms with Crippen molar-refractivity contribution in [3.05, 3.63) is 59.9 Å². The van der Waals surface area contributed by atoms with Crippen molar-refractivity contribution in [1.29, 1.82) is 0 Å². The minimum Gasteiger partial charge on any atom is -0.493 e. The van der Waals surface area contributed by atoms with Crippen molar-refractivity contribution in [3.63, 3.8) is 0 Å². The molecule has 150 valence electrons. The minimum absolute atomic E-state index is 0.330. The lowest BCUT2D eigenvalue weighted by Gasteiger charge is -2.24. The first-order valence-electron chi connectivity index (χ1n) is 9.03.